The highest BCUT2D eigenvalue weighted by Gasteiger charge is 2.64. The molecule has 4 aromatic rings. The fraction of sp³-hybridized carbons (Fsp3) is 0.231. The van der Waals surface area contributed by atoms with Crippen LogP contribution in [0.1, 0.15) is 17.5 Å². The molecule has 3 N–H and O–H groups in total. The first-order chi connectivity index (χ1) is 17.0. The summed E-state index contributed by atoms with van der Waals surface area (Å²) in [7, 11) is 0. The molecule has 1 aliphatic heterocycles. The highest BCUT2D eigenvalue weighted by atomic mass is 16.2. The quantitative estimate of drug-likeness (QED) is 0.472. The molecule has 2 aliphatic rings. The summed E-state index contributed by atoms with van der Waals surface area (Å²) in [5.74, 6) is 1.43. The van der Waals surface area contributed by atoms with Crippen molar-refractivity contribution in [2.75, 3.05) is 29.0 Å². The van der Waals surface area contributed by atoms with E-state index < -0.39 is 0 Å². The summed E-state index contributed by atoms with van der Waals surface area (Å²) in [4.78, 5) is 32.5. The molecule has 1 spiro atoms. The monoisotopic (exact) mass is 462 g/mol. The standard InChI is InChI=1S/C26H22N8O/c1-15-4-6-29-11-18(15)21-7-17-8-22(31-12-19(17)23(28)32-21)33-25(35)20-9-26(20)13-34(14-26)24-16(10-27)3-2-5-30-24/h2-8,11-12,20H,9,13-14H2,1H3,(H2,28,32)(H,31,33,35). The number of hydrogen-bond donors (Lipinski definition) is 2. The number of pyridine rings is 4. The molecule has 0 bridgehead atoms. The number of anilines is 3. The molecule has 4 aromatic heterocycles. The molecule has 1 saturated heterocycles. The SMILES string of the molecule is Cc1ccncc1-c1cc2cc(NC(=O)C3CC34CN(c3ncccc3C#N)C4)ncc2c(N)n1. The molecule has 1 aliphatic carbocycles. The second kappa shape index (κ2) is 7.74. The van der Waals surface area contributed by atoms with Crippen LogP contribution in [-0.2, 0) is 4.79 Å². The first kappa shape index (κ1) is 21.0. The van der Waals surface area contributed by atoms with Crippen molar-refractivity contribution in [1.29, 1.82) is 5.26 Å². The first-order valence-corrected chi connectivity index (χ1v) is 11.4. The van der Waals surface area contributed by atoms with Gasteiger partial charge in [0.15, 0.2) is 0 Å². The second-order valence-corrected chi connectivity index (χ2v) is 9.32. The van der Waals surface area contributed by atoms with Crippen LogP contribution in [0.2, 0.25) is 0 Å². The number of carbonyl (C=O) groups excluding carboxylic acids is 1. The summed E-state index contributed by atoms with van der Waals surface area (Å²) in [5.41, 5.74) is 9.40. The molecular formula is C26H22N8O. The number of aryl methyl sites for hydroxylation is 1. The van der Waals surface area contributed by atoms with Crippen molar-refractivity contribution >= 4 is 34.1 Å². The number of rotatable bonds is 4. The molecular weight excluding hydrogens is 440 g/mol. The fourth-order valence-electron chi connectivity index (χ4n) is 4.99. The van der Waals surface area contributed by atoms with E-state index in [4.69, 9.17) is 5.73 Å². The van der Waals surface area contributed by atoms with Crippen molar-refractivity contribution in [3.8, 4) is 17.3 Å². The summed E-state index contributed by atoms with van der Waals surface area (Å²) in [5, 5.41) is 13.9. The summed E-state index contributed by atoms with van der Waals surface area (Å²) in [6, 6.07) is 11.4. The smallest absolute Gasteiger partial charge is 0.229 e. The molecule has 172 valence electrons. The van der Waals surface area contributed by atoms with Crippen LogP contribution in [0.15, 0.2) is 55.1 Å². The average molecular weight is 463 g/mol. The van der Waals surface area contributed by atoms with Gasteiger partial charge in [0.25, 0.3) is 0 Å². The van der Waals surface area contributed by atoms with Crippen LogP contribution in [0.3, 0.4) is 0 Å². The summed E-state index contributed by atoms with van der Waals surface area (Å²) in [6.45, 7) is 3.44. The number of amides is 1. The summed E-state index contributed by atoms with van der Waals surface area (Å²) in [6.07, 6.45) is 7.66. The summed E-state index contributed by atoms with van der Waals surface area (Å²) < 4.78 is 0. The van der Waals surface area contributed by atoms with Gasteiger partial charge in [0.1, 0.15) is 23.5 Å². The van der Waals surface area contributed by atoms with Crippen molar-refractivity contribution in [2.24, 2.45) is 11.3 Å². The van der Waals surface area contributed by atoms with E-state index in [1.54, 1.807) is 36.9 Å². The van der Waals surface area contributed by atoms with E-state index in [1.165, 1.54) is 0 Å². The van der Waals surface area contributed by atoms with Crippen LogP contribution in [0.4, 0.5) is 17.5 Å². The largest absolute Gasteiger partial charge is 0.383 e. The maximum atomic E-state index is 13.0. The minimum Gasteiger partial charge on any atom is -0.383 e. The van der Waals surface area contributed by atoms with Gasteiger partial charge in [0.2, 0.25) is 5.91 Å². The maximum absolute atomic E-state index is 13.0. The van der Waals surface area contributed by atoms with Crippen molar-refractivity contribution in [3.63, 3.8) is 0 Å². The van der Waals surface area contributed by atoms with Crippen LogP contribution in [0.25, 0.3) is 22.0 Å². The van der Waals surface area contributed by atoms with Crippen LogP contribution in [0.5, 0.6) is 0 Å². The Labute approximate surface area is 201 Å². The van der Waals surface area contributed by atoms with Crippen molar-refractivity contribution in [3.05, 3.63) is 66.2 Å². The van der Waals surface area contributed by atoms with E-state index in [-0.39, 0.29) is 17.2 Å². The number of nitrogens with one attached hydrogen (secondary N) is 1. The minimum atomic E-state index is -0.0818. The van der Waals surface area contributed by atoms with Gasteiger partial charge in [-0.2, -0.15) is 5.26 Å². The Balaban J connectivity index is 1.18. The lowest BCUT2D eigenvalue weighted by molar-refractivity contribution is -0.118. The number of aromatic nitrogens is 4. The molecule has 1 amide bonds. The zero-order valence-electron chi connectivity index (χ0n) is 19.1. The first-order valence-electron chi connectivity index (χ1n) is 11.4. The predicted molar refractivity (Wildman–Crippen MR) is 132 cm³/mol. The zero-order valence-corrected chi connectivity index (χ0v) is 19.1. The van der Waals surface area contributed by atoms with Crippen molar-refractivity contribution < 1.29 is 4.79 Å². The number of nitrogens with zero attached hydrogens (tertiary/aromatic N) is 6. The van der Waals surface area contributed by atoms with Gasteiger partial charge in [-0.3, -0.25) is 9.78 Å². The third kappa shape index (κ3) is 3.51. The Morgan fingerprint density at radius 2 is 2.09 bits per heavy atom. The van der Waals surface area contributed by atoms with Gasteiger partial charge in [0, 0.05) is 60.2 Å². The van der Waals surface area contributed by atoms with E-state index in [0.717, 1.165) is 47.1 Å². The molecule has 1 unspecified atom stereocenters. The van der Waals surface area contributed by atoms with Gasteiger partial charge < -0.3 is 16.0 Å². The molecule has 2 fully saturated rings. The van der Waals surface area contributed by atoms with Gasteiger partial charge in [-0.05, 0) is 54.6 Å². The molecule has 0 aromatic carbocycles. The molecule has 5 heterocycles. The number of nitrogen functional groups attached to an aromatic ring is 1. The number of carbonyl (C=O) groups is 1. The van der Waals surface area contributed by atoms with E-state index in [9.17, 15) is 10.1 Å². The lowest BCUT2D eigenvalue weighted by Gasteiger charge is -2.41. The highest BCUT2D eigenvalue weighted by molar-refractivity contribution is 5.99. The Morgan fingerprint density at radius 1 is 1.23 bits per heavy atom. The fourth-order valence-corrected chi connectivity index (χ4v) is 4.99. The normalized spacial score (nSPS) is 17.6. The van der Waals surface area contributed by atoms with E-state index in [1.807, 2.05) is 25.1 Å². The molecule has 1 atom stereocenters. The third-order valence-electron chi connectivity index (χ3n) is 7.04. The van der Waals surface area contributed by atoms with E-state index in [0.29, 0.717) is 23.0 Å². The highest BCUT2D eigenvalue weighted by Crippen LogP contribution is 2.59. The Hall–Kier alpha value is -4.58. The van der Waals surface area contributed by atoms with E-state index in [2.05, 4.69) is 36.2 Å². The Bertz CT molecular complexity index is 1540. The van der Waals surface area contributed by atoms with Crippen molar-refractivity contribution in [2.45, 2.75) is 13.3 Å². The minimum absolute atomic E-state index is 0.0385. The van der Waals surface area contributed by atoms with Gasteiger partial charge in [-0.25, -0.2) is 15.0 Å². The molecule has 9 heteroatoms. The maximum Gasteiger partial charge on any atom is 0.229 e. The molecule has 6 rings (SSSR count). The third-order valence-corrected chi connectivity index (χ3v) is 7.04. The average Bonchev–Trinajstić information content (AvgIpc) is 3.60. The molecule has 0 radical (unpaired) electrons. The van der Waals surface area contributed by atoms with Gasteiger partial charge in [-0.1, -0.05) is 0 Å². The number of fused-ring (bicyclic) bond motifs is 1. The van der Waals surface area contributed by atoms with Crippen LogP contribution < -0.4 is 16.0 Å². The Morgan fingerprint density at radius 3 is 2.89 bits per heavy atom. The van der Waals surface area contributed by atoms with Crippen molar-refractivity contribution in [1.82, 2.24) is 19.9 Å². The number of nitriles is 1. The molecule has 9 nitrogen and oxygen atoms in total. The predicted octanol–water partition coefficient (Wildman–Crippen LogP) is 3.31. The Kier molecular flexibility index (Phi) is 4.64. The van der Waals surface area contributed by atoms with Gasteiger partial charge in [-0.15, -0.1) is 0 Å². The van der Waals surface area contributed by atoms with Crippen LogP contribution in [-0.4, -0.2) is 38.9 Å². The topological polar surface area (TPSA) is 134 Å². The summed E-state index contributed by atoms with van der Waals surface area (Å²) >= 11 is 0. The van der Waals surface area contributed by atoms with Gasteiger partial charge >= 0.3 is 0 Å². The second-order valence-electron chi connectivity index (χ2n) is 9.32. The number of hydrogen-bond acceptors (Lipinski definition) is 8. The van der Waals surface area contributed by atoms with Gasteiger partial charge in [0.05, 0.1) is 11.3 Å². The van der Waals surface area contributed by atoms with E-state index >= 15 is 0 Å². The zero-order chi connectivity index (χ0) is 24.2. The lowest BCUT2D eigenvalue weighted by Crippen LogP contribution is -2.51. The number of nitrogens with two attached hydrogens (primary N) is 1. The van der Waals surface area contributed by atoms with Crippen LogP contribution in [0, 0.1) is 29.6 Å². The molecule has 35 heavy (non-hydrogen) atoms. The molecule has 1 saturated carbocycles. The van der Waals surface area contributed by atoms with Crippen LogP contribution >= 0.6 is 0 Å². The lowest BCUT2D eigenvalue weighted by atomic mass is 9.92.